The van der Waals surface area contributed by atoms with Gasteiger partial charge in [0.1, 0.15) is 11.9 Å². The minimum atomic E-state index is -0.768. The van der Waals surface area contributed by atoms with Crippen molar-refractivity contribution in [3.05, 3.63) is 86.5 Å². The molecule has 0 aromatic heterocycles. The van der Waals surface area contributed by atoms with Crippen molar-refractivity contribution in [1.29, 1.82) is 0 Å². The Labute approximate surface area is 202 Å². The van der Waals surface area contributed by atoms with Crippen molar-refractivity contribution in [3.8, 4) is 16.9 Å². The first kappa shape index (κ1) is 22.5. The van der Waals surface area contributed by atoms with Gasteiger partial charge in [-0.15, -0.1) is 11.8 Å². The van der Waals surface area contributed by atoms with E-state index in [1.54, 1.807) is 23.9 Å². The van der Waals surface area contributed by atoms with Crippen LogP contribution in [-0.4, -0.2) is 21.8 Å². The lowest BCUT2D eigenvalue weighted by atomic mass is 9.90. The average molecular weight is 476 g/mol. The van der Waals surface area contributed by atoms with Crippen LogP contribution in [0.1, 0.15) is 52.7 Å². The Balaban J connectivity index is 1.42. The third kappa shape index (κ3) is 4.05. The van der Waals surface area contributed by atoms with E-state index in [1.807, 2.05) is 38.1 Å². The largest absolute Gasteiger partial charge is 0.486 e. The number of non-ortho nitro benzene ring substituents is 1. The number of benzene rings is 3. The molecule has 7 heteroatoms. The summed E-state index contributed by atoms with van der Waals surface area (Å²) in [5.41, 5.74) is 7.59. The third-order valence-electron chi connectivity index (χ3n) is 6.78. The average Bonchev–Trinajstić information content (AvgIpc) is 3.37. The molecular formula is C27H25NO5S. The zero-order valence-electron chi connectivity index (χ0n) is 19.0. The molecule has 0 bridgehead atoms. The molecule has 0 radical (unpaired) electrons. The van der Waals surface area contributed by atoms with Crippen LogP contribution < -0.4 is 4.74 Å². The number of fused-ring (bicyclic) bond motifs is 2. The number of rotatable bonds is 6. The highest BCUT2D eigenvalue weighted by Gasteiger charge is 2.29. The molecule has 3 aromatic carbocycles. The highest BCUT2D eigenvalue weighted by atomic mass is 32.2. The molecule has 5 rings (SSSR count). The summed E-state index contributed by atoms with van der Waals surface area (Å²) in [6.07, 6.45) is 1.84. The predicted molar refractivity (Wildman–Crippen MR) is 132 cm³/mol. The Morgan fingerprint density at radius 1 is 1.15 bits per heavy atom. The zero-order valence-corrected chi connectivity index (χ0v) is 19.9. The van der Waals surface area contributed by atoms with Gasteiger partial charge in [-0.3, -0.25) is 14.9 Å². The van der Waals surface area contributed by atoms with Crippen molar-refractivity contribution in [2.24, 2.45) is 0 Å². The summed E-state index contributed by atoms with van der Waals surface area (Å²) in [4.78, 5) is 23.1. The number of hydrogen-bond donors (Lipinski definition) is 1. The normalized spacial score (nSPS) is 18.4. The van der Waals surface area contributed by atoms with E-state index < -0.39 is 5.97 Å². The topological polar surface area (TPSA) is 89.7 Å². The lowest BCUT2D eigenvalue weighted by Gasteiger charge is -2.18. The first-order valence-electron chi connectivity index (χ1n) is 11.3. The summed E-state index contributed by atoms with van der Waals surface area (Å²) in [5.74, 6) is 0.868. The molecule has 2 aliphatic rings. The Kier molecular flexibility index (Phi) is 5.81. The van der Waals surface area contributed by atoms with Gasteiger partial charge in [-0.25, -0.2) is 0 Å². The molecular weight excluding hydrogens is 450 g/mol. The standard InChI is InChI=1S/C27H25NO5S/c1-15-10-18(28(31)32)11-16(2)27(15)23-5-3-4-22-21(23)8-9-24(22)33-19-6-7-20-17(12-26(29)30)14-34-25(20)13-19/h3-7,10-11,13,17,24H,8-9,12,14H2,1-2H3,(H,29,30)/t17-,24?/m1/s1. The highest BCUT2D eigenvalue weighted by Crippen LogP contribution is 2.45. The Hall–Kier alpha value is -3.32. The van der Waals surface area contributed by atoms with Gasteiger partial charge < -0.3 is 9.84 Å². The van der Waals surface area contributed by atoms with Crippen LogP contribution in [0.2, 0.25) is 0 Å². The van der Waals surface area contributed by atoms with Crippen molar-refractivity contribution in [2.45, 2.75) is 50.0 Å². The minimum absolute atomic E-state index is 0.0505. The van der Waals surface area contributed by atoms with Crippen LogP contribution in [-0.2, 0) is 11.2 Å². The van der Waals surface area contributed by atoms with Gasteiger partial charge in [0, 0.05) is 28.7 Å². The van der Waals surface area contributed by atoms with Gasteiger partial charge in [0.15, 0.2) is 0 Å². The number of carboxylic acids is 1. The second kappa shape index (κ2) is 8.80. The van der Waals surface area contributed by atoms with Gasteiger partial charge in [-0.2, -0.15) is 0 Å². The van der Waals surface area contributed by atoms with Gasteiger partial charge in [-0.1, -0.05) is 24.3 Å². The minimum Gasteiger partial charge on any atom is -0.486 e. The molecule has 2 atom stereocenters. The van der Waals surface area contributed by atoms with Gasteiger partial charge >= 0.3 is 5.97 Å². The lowest BCUT2D eigenvalue weighted by molar-refractivity contribution is -0.384. The fraction of sp³-hybridized carbons (Fsp3) is 0.296. The molecule has 1 aliphatic carbocycles. The summed E-state index contributed by atoms with van der Waals surface area (Å²) < 4.78 is 6.43. The van der Waals surface area contributed by atoms with Gasteiger partial charge in [0.2, 0.25) is 0 Å². The Morgan fingerprint density at radius 2 is 1.91 bits per heavy atom. The number of nitro benzene ring substituents is 1. The first-order valence-corrected chi connectivity index (χ1v) is 12.3. The number of nitro groups is 1. The number of hydrogen-bond acceptors (Lipinski definition) is 5. The molecule has 0 saturated carbocycles. The number of thioether (sulfide) groups is 1. The summed E-state index contributed by atoms with van der Waals surface area (Å²) in [7, 11) is 0. The van der Waals surface area contributed by atoms with Crippen LogP contribution >= 0.6 is 11.8 Å². The van der Waals surface area contributed by atoms with E-state index in [2.05, 4.69) is 12.1 Å². The second-order valence-electron chi connectivity index (χ2n) is 9.04. The predicted octanol–water partition coefficient (Wildman–Crippen LogP) is 6.61. The van der Waals surface area contributed by atoms with Crippen LogP contribution in [0.25, 0.3) is 11.1 Å². The van der Waals surface area contributed by atoms with Crippen molar-refractivity contribution < 1.29 is 19.6 Å². The number of aliphatic carboxylic acids is 1. The lowest BCUT2D eigenvalue weighted by Crippen LogP contribution is -2.06. The molecule has 6 nitrogen and oxygen atoms in total. The summed E-state index contributed by atoms with van der Waals surface area (Å²) in [6, 6.07) is 15.5. The molecule has 3 aromatic rings. The number of aryl methyl sites for hydroxylation is 2. The maximum atomic E-state index is 11.3. The number of carbonyl (C=O) groups is 1. The Bertz CT molecular complexity index is 1300. The first-order chi connectivity index (χ1) is 16.3. The quantitative estimate of drug-likeness (QED) is 0.319. The van der Waals surface area contributed by atoms with Crippen molar-refractivity contribution in [1.82, 2.24) is 0 Å². The monoisotopic (exact) mass is 475 g/mol. The van der Waals surface area contributed by atoms with Crippen molar-refractivity contribution >= 4 is 23.4 Å². The van der Waals surface area contributed by atoms with Crippen LogP contribution in [0.4, 0.5) is 5.69 Å². The number of ether oxygens (including phenoxy) is 1. The third-order valence-corrected chi connectivity index (χ3v) is 8.01. The molecule has 174 valence electrons. The molecule has 1 N–H and O–H groups in total. The highest BCUT2D eigenvalue weighted by molar-refractivity contribution is 7.99. The van der Waals surface area contributed by atoms with Gasteiger partial charge in [0.05, 0.1) is 11.3 Å². The van der Waals surface area contributed by atoms with E-state index in [0.29, 0.717) is 0 Å². The van der Waals surface area contributed by atoms with Crippen molar-refractivity contribution in [3.63, 3.8) is 0 Å². The second-order valence-corrected chi connectivity index (χ2v) is 10.1. The molecule has 34 heavy (non-hydrogen) atoms. The maximum Gasteiger partial charge on any atom is 0.303 e. The van der Waals surface area contributed by atoms with E-state index in [9.17, 15) is 14.9 Å². The van der Waals surface area contributed by atoms with E-state index >= 15 is 0 Å². The van der Waals surface area contributed by atoms with Gasteiger partial charge in [-0.05, 0) is 77.8 Å². The van der Waals surface area contributed by atoms with E-state index in [-0.39, 0.29) is 29.1 Å². The van der Waals surface area contributed by atoms with E-state index in [1.165, 1.54) is 5.56 Å². The molecule has 1 aliphatic heterocycles. The summed E-state index contributed by atoms with van der Waals surface area (Å²) >= 11 is 1.69. The number of carboxylic acid groups (broad SMARTS) is 1. The van der Waals surface area contributed by atoms with Crippen LogP contribution in [0, 0.1) is 24.0 Å². The van der Waals surface area contributed by atoms with Crippen LogP contribution in [0.3, 0.4) is 0 Å². The van der Waals surface area contributed by atoms with Gasteiger partial charge in [0.25, 0.3) is 5.69 Å². The van der Waals surface area contributed by atoms with Crippen LogP contribution in [0.5, 0.6) is 5.75 Å². The SMILES string of the molecule is Cc1cc([N+](=O)[O-])cc(C)c1-c1cccc2c1CCC2Oc1ccc2c(c1)SC[C@H]2CC(=O)O. The molecule has 0 amide bonds. The van der Waals surface area contributed by atoms with Crippen LogP contribution in [0.15, 0.2) is 53.4 Å². The zero-order chi connectivity index (χ0) is 24.0. The molecule has 0 fully saturated rings. The molecule has 1 heterocycles. The summed E-state index contributed by atoms with van der Waals surface area (Å²) in [6.45, 7) is 3.86. The van der Waals surface area contributed by atoms with E-state index in [4.69, 9.17) is 9.84 Å². The van der Waals surface area contributed by atoms with Crippen molar-refractivity contribution in [2.75, 3.05) is 5.75 Å². The molecule has 0 spiro atoms. The fourth-order valence-corrected chi connectivity index (χ4v) is 6.60. The molecule has 1 unspecified atom stereocenters. The summed E-state index contributed by atoms with van der Waals surface area (Å²) in [5, 5.41) is 20.4. The van der Waals surface area contributed by atoms with E-state index in [0.717, 1.165) is 62.6 Å². The Morgan fingerprint density at radius 3 is 2.62 bits per heavy atom. The maximum absolute atomic E-state index is 11.3. The fourth-order valence-electron chi connectivity index (χ4n) is 5.32. The number of nitrogens with zero attached hydrogens (tertiary/aromatic N) is 1. The smallest absolute Gasteiger partial charge is 0.303 e. The molecule has 0 saturated heterocycles.